The van der Waals surface area contributed by atoms with Crippen LogP contribution >= 0.6 is 0 Å². The van der Waals surface area contributed by atoms with Crippen LogP contribution in [-0.2, 0) is 10.8 Å². The highest BCUT2D eigenvalue weighted by Crippen LogP contribution is 2.66. The maximum Gasteiger partial charge on any atom is 0.135 e. The Morgan fingerprint density at radius 3 is 1.37 bits per heavy atom. The van der Waals surface area contributed by atoms with E-state index in [9.17, 15) is 0 Å². The Bertz CT molecular complexity index is 5960. The summed E-state index contributed by atoms with van der Waals surface area (Å²) in [5.41, 5.74) is 28.4. The highest BCUT2D eigenvalue weighted by molar-refractivity contribution is 6.10. The summed E-state index contributed by atoms with van der Waals surface area (Å²) in [6, 6.07) is 119. The second kappa shape index (κ2) is 18.4. The van der Waals surface area contributed by atoms with Gasteiger partial charge in [-0.15, -0.1) is 0 Å². The third-order valence-electron chi connectivity index (χ3n) is 21.3. The average molecular weight is 1170 g/mol. The Kier molecular flexibility index (Phi) is 10.0. The van der Waals surface area contributed by atoms with Gasteiger partial charge in [-0.2, -0.15) is 0 Å². The van der Waals surface area contributed by atoms with E-state index in [1.807, 2.05) is 0 Å². The van der Waals surface area contributed by atoms with Crippen molar-refractivity contribution in [3.05, 3.63) is 360 Å². The largest absolute Gasteiger partial charge is 0.456 e. The van der Waals surface area contributed by atoms with Crippen molar-refractivity contribution >= 4 is 43.1 Å². The molecule has 0 radical (unpaired) electrons. The van der Waals surface area contributed by atoms with Crippen molar-refractivity contribution in [1.29, 1.82) is 0 Å². The van der Waals surface area contributed by atoms with Crippen LogP contribution in [0.3, 0.4) is 0 Å². The number of fused-ring (bicyclic) bond motifs is 20. The molecule has 0 amide bonds. The summed E-state index contributed by atoms with van der Waals surface area (Å²) in [5.74, 6) is 3.57. The molecule has 2 aliphatic heterocycles. The monoisotopic (exact) mass is 1160 g/mol. The Balaban J connectivity index is 0.747. The molecule has 92 heavy (non-hydrogen) atoms. The third-order valence-corrected chi connectivity index (χ3v) is 21.3. The van der Waals surface area contributed by atoms with Gasteiger partial charge in [-0.05, 0) is 215 Å². The minimum absolute atomic E-state index is 0.597. The standard InChI is InChI=1S/C90H52O2/c1-2-23-61(24-3-1)89(76-32-9-6-25-63(76)60-41-46-83-75(49-60)69-31-13-19-55-21-16-36-85(92-83)87(55)69)77-33-10-7-28-66(77)73-52-71-58(51-81(73)89)22-14-29-62(71)59-39-44-79-72(48-59)65-27-8-11-34-78(65)90(79)80-50-57(38-42-67(80)70-43-37-53-17-4-5-26-64(53)88(70)90)56-40-45-82-74(47-56)68-30-12-18-54-20-15-35-84(91-82)86(54)68/h1-52H. The Morgan fingerprint density at radius 1 is 0.196 bits per heavy atom. The van der Waals surface area contributed by atoms with Gasteiger partial charge in [0.25, 0.3) is 0 Å². The molecule has 5 aliphatic rings. The molecule has 2 heteroatoms. The number of hydrogen-bond donors (Lipinski definition) is 0. The zero-order valence-corrected chi connectivity index (χ0v) is 49.8. The molecule has 0 bridgehead atoms. The lowest BCUT2D eigenvalue weighted by molar-refractivity contribution is 0.487. The molecule has 1 spiro atoms. The van der Waals surface area contributed by atoms with Crippen LogP contribution in [0.5, 0.6) is 23.0 Å². The zero-order valence-electron chi connectivity index (χ0n) is 49.8. The van der Waals surface area contributed by atoms with Crippen LogP contribution in [0.15, 0.2) is 315 Å². The van der Waals surface area contributed by atoms with Crippen molar-refractivity contribution in [2.75, 3.05) is 0 Å². The molecule has 3 aliphatic carbocycles. The third kappa shape index (κ3) is 6.52. The molecule has 0 saturated heterocycles. The second-order valence-electron chi connectivity index (χ2n) is 25.6. The molecule has 0 N–H and O–H groups in total. The summed E-state index contributed by atoms with van der Waals surface area (Å²) in [6.07, 6.45) is 0. The highest BCUT2D eigenvalue weighted by Gasteiger charge is 2.53. The topological polar surface area (TPSA) is 18.5 Å². The van der Waals surface area contributed by atoms with Crippen LogP contribution in [0, 0.1) is 0 Å². The minimum Gasteiger partial charge on any atom is -0.456 e. The molecule has 2 heterocycles. The lowest BCUT2D eigenvalue weighted by atomic mass is 9.65. The van der Waals surface area contributed by atoms with E-state index in [0.717, 1.165) is 56.0 Å². The van der Waals surface area contributed by atoms with Crippen molar-refractivity contribution < 1.29 is 9.47 Å². The molecule has 2 nitrogen and oxygen atoms in total. The Morgan fingerprint density at radius 2 is 0.652 bits per heavy atom. The van der Waals surface area contributed by atoms with Gasteiger partial charge in [0, 0.05) is 21.9 Å². The number of benzene rings is 16. The smallest absolute Gasteiger partial charge is 0.135 e. The first-order chi connectivity index (χ1) is 45.6. The average Bonchev–Trinajstić information content (AvgIpc) is 1.50. The van der Waals surface area contributed by atoms with Gasteiger partial charge in [0.05, 0.1) is 10.8 Å². The van der Waals surface area contributed by atoms with E-state index in [1.165, 1.54) is 144 Å². The summed E-state index contributed by atoms with van der Waals surface area (Å²) in [4.78, 5) is 0. The molecule has 424 valence electrons. The molecular formula is C90H52O2. The van der Waals surface area contributed by atoms with Crippen molar-refractivity contribution in [3.63, 3.8) is 0 Å². The van der Waals surface area contributed by atoms with Crippen molar-refractivity contribution in [1.82, 2.24) is 0 Å². The molecule has 21 rings (SSSR count). The van der Waals surface area contributed by atoms with Crippen LogP contribution < -0.4 is 9.47 Å². The van der Waals surface area contributed by atoms with E-state index >= 15 is 0 Å². The normalized spacial score (nSPS) is 16.1. The molecule has 0 aromatic heterocycles. The fourth-order valence-electron chi connectivity index (χ4n) is 17.6. The van der Waals surface area contributed by atoms with E-state index < -0.39 is 10.8 Å². The first-order valence-electron chi connectivity index (χ1n) is 32.0. The van der Waals surface area contributed by atoms with Gasteiger partial charge in [0.2, 0.25) is 0 Å². The quantitative estimate of drug-likeness (QED) is 0.171. The predicted molar refractivity (Wildman–Crippen MR) is 377 cm³/mol. The first-order valence-corrected chi connectivity index (χ1v) is 32.0. The zero-order chi connectivity index (χ0) is 60.0. The summed E-state index contributed by atoms with van der Waals surface area (Å²) in [5, 5.41) is 9.64. The predicted octanol–water partition coefficient (Wildman–Crippen LogP) is 23.6. The van der Waals surface area contributed by atoms with E-state index in [0.29, 0.717) is 0 Å². The number of rotatable bonds is 5. The highest BCUT2D eigenvalue weighted by atomic mass is 16.5. The first kappa shape index (κ1) is 50.1. The van der Waals surface area contributed by atoms with Gasteiger partial charge >= 0.3 is 0 Å². The minimum atomic E-state index is -0.661. The second-order valence-corrected chi connectivity index (χ2v) is 25.6. The van der Waals surface area contributed by atoms with E-state index in [4.69, 9.17) is 9.47 Å². The lowest BCUT2D eigenvalue weighted by Gasteiger charge is -2.36. The summed E-state index contributed by atoms with van der Waals surface area (Å²) < 4.78 is 13.3. The molecular weight excluding hydrogens is 1110 g/mol. The molecule has 0 saturated carbocycles. The molecule has 2 unspecified atom stereocenters. The molecule has 16 aromatic carbocycles. The van der Waals surface area contributed by atoms with Gasteiger partial charge in [-0.3, -0.25) is 0 Å². The van der Waals surface area contributed by atoms with E-state index in [2.05, 4.69) is 315 Å². The van der Waals surface area contributed by atoms with Gasteiger partial charge < -0.3 is 9.47 Å². The van der Waals surface area contributed by atoms with Crippen molar-refractivity contribution in [2.45, 2.75) is 10.8 Å². The molecule has 0 fully saturated rings. The summed E-state index contributed by atoms with van der Waals surface area (Å²) in [6.45, 7) is 0. The van der Waals surface area contributed by atoms with Crippen LogP contribution in [-0.4, -0.2) is 0 Å². The van der Waals surface area contributed by atoms with Gasteiger partial charge in [-0.25, -0.2) is 0 Å². The van der Waals surface area contributed by atoms with Gasteiger partial charge in [-0.1, -0.05) is 255 Å². The summed E-state index contributed by atoms with van der Waals surface area (Å²) in [7, 11) is 0. The fourth-order valence-corrected chi connectivity index (χ4v) is 17.6. The van der Waals surface area contributed by atoms with Gasteiger partial charge in [0.15, 0.2) is 0 Å². The van der Waals surface area contributed by atoms with Crippen molar-refractivity contribution in [2.24, 2.45) is 0 Å². The molecule has 2 atom stereocenters. The molecule has 16 aromatic rings. The lowest BCUT2D eigenvalue weighted by Crippen LogP contribution is -2.29. The van der Waals surface area contributed by atoms with E-state index in [-0.39, 0.29) is 0 Å². The maximum absolute atomic E-state index is 6.68. The van der Waals surface area contributed by atoms with E-state index in [1.54, 1.807) is 0 Å². The van der Waals surface area contributed by atoms with Gasteiger partial charge in [0.1, 0.15) is 23.0 Å². The SMILES string of the molecule is c1ccc(C2(c3ccccc3-c3ccc4c(c3)-c3cccc5cccc(c35)O4)c3ccccc3-c3cc4c(-c5ccc6c(c5)-c5ccccc5C65c6cc(-c7ccc8c(c7)-c7cccc9cccc(c79)O8)ccc6-c6ccc7ccccc7c65)cccc4cc32)cc1. The van der Waals surface area contributed by atoms with Crippen LogP contribution in [0.2, 0.25) is 0 Å². The number of ether oxygens (including phenoxy) is 2. The van der Waals surface area contributed by atoms with Crippen LogP contribution in [0.4, 0.5) is 0 Å². The van der Waals surface area contributed by atoms with Crippen LogP contribution in [0.25, 0.3) is 132 Å². The summed E-state index contributed by atoms with van der Waals surface area (Å²) >= 11 is 0. The Labute approximate surface area is 532 Å². The number of hydrogen-bond acceptors (Lipinski definition) is 2. The fraction of sp³-hybridized carbons (Fsp3) is 0.0222. The van der Waals surface area contributed by atoms with Crippen molar-refractivity contribution in [3.8, 4) is 112 Å². The van der Waals surface area contributed by atoms with Crippen LogP contribution in [0.1, 0.15) is 44.5 Å². The Hall–Kier alpha value is -11.8. The maximum atomic E-state index is 6.68.